The number of aromatic nitrogens is 1. The largest absolute Gasteiger partial charge is 0.497 e. The molecule has 76 heavy (non-hydrogen) atoms. The molecule has 3 heterocycles. The van der Waals surface area contributed by atoms with Crippen molar-refractivity contribution < 1.29 is 43.1 Å². The number of hydrogen-bond acceptors (Lipinski definition) is 11. The second kappa shape index (κ2) is 27.9. The van der Waals surface area contributed by atoms with E-state index in [1.54, 1.807) is 43.6 Å². The highest BCUT2D eigenvalue weighted by atomic mass is 16.5. The van der Waals surface area contributed by atoms with Crippen LogP contribution in [-0.4, -0.2) is 127 Å². The van der Waals surface area contributed by atoms with Crippen molar-refractivity contribution in [2.24, 2.45) is 22.2 Å². The van der Waals surface area contributed by atoms with Crippen LogP contribution in [0.15, 0.2) is 90.1 Å². The van der Waals surface area contributed by atoms with E-state index in [1.807, 2.05) is 60.4 Å². The lowest BCUT2D eigenvalue weighted by Crippen LogP contribution is -2.68. The number of rotatable bonds is 15. The number of unbranched alkanes of at least 4 members (excludes halogenated alkanes) is 1. The molecule has 0 saturated carbocycles. The van der Waals surface area contributed by atoms with Gasteiger partial charge in [0.05, 0.1) is 13.5 Å². The third-order valence-electron chi connectivity index (χ3n) is 13.7. The first-order valence-corrected chi connectivity index (χ1v) is 26.0. The zero-order chi connectivity index (χ0) is 54.6. The van der Waals surface area contributed by atoms with Gasteiger partial charge in [-0.25, -0.2) is 0 Å². The van der Waals surface area contributed by atoms with Crippen molar-refractivity contribution in [3.63, 3.8) is 0 Å². The number of amides is 8. The Kier molecular flexibility index (Phi) is 21.0. The topological polar surface area (TPSA) is 339 Å². The molecule has 0 unspecified atom stereocenters. The van der Waals surface area contributed by atoms with Crippen molar-refractivity contribution in [2.75, 3.05) is 38.2 Å². The number of ether oxygens (including phenoxy) is 1. The second-order valence-corrected chi connectivity index (χ2v) is 19.3. The second-order valence-electron chi connectivity index (χ2n) is 19.3. The van der Waals surface area contributed by atoms with Gasteiger partial charge >= 0.3 is 0 Å². The number of aliphatic imine (C=N–C) groups is 1. The van der Waals surface area contributed by atoms with Crippen molar-refractivity contribution in [1.82, 2.24) is 42.2 Å². The summed E-state index contributed by atoms with van der Waals surface area (Å²) in [7, 11) is 1.56. The van der Waals surface area contributed by atoms with Gasteiger partial charge in [0.2, 0.25) is 47.3 Å². The van der Waals surface area contributed by atoms with Gasteiger partial charge in [0.15, 0.2) is 5.96 Å². The van der Waals surface area contributed by atoms with Gasteiger partial charge in [-0.3, -0.25) is 43.3 Å². The zero-order valence-corrected chi connectivity index (χ0v) is 43.3. The molecule has 14 N–H and O–H groups in total. The smallest absolute Gasteiger partial charge is 0.246 e. The van der Waals surface area contributed by atoms with Crippen LogP contribution in [0.3, 0.4) is 0 Å². The first-order chi connectivity index (χ1) is 36.6. The molecule has 2 fully saturated rings. The molecule has 5 atom stereocenters. The van der Waals surface area contributed by atoms with E-state index in [0.717, 1.165) is 16.6 Å². The van der Waals surface area contributed by atoms with Crippen LogP contribution >= 0.6 is 0 Å². The number of H-pyrrole nitrogens is 1. The Hall–Kier alpha value is -8.17. The lowest BCUT2D eigenvalue weighted by molar-refractivity contribution is -0.139. The van der Waals surface area contributed by atoms with E-state index < -0.39 is 89.4 Å². The molecule has 2 aliphatic heterocycles. The number of methoxy groups -OCH3 is 1. The number of guanidine groups is 1. The number of fused-ring (bicyclic) bond motifs is 1. The lowest BCUT2D eigenvalue weighted by atomic mass is 9.85. The normalized spacial score (nSPS) is 21.4. The highest BCUT2D eigenvalue weighted by Crippen LogP contribution is 2.30. The molecule has 8 amide bonds. The maximum Gasteiger partial charge on any atom is 0.246 e. The van der Waals surface area contributed by atoms with Gasteiger partial charge in [0.25, 0.3) is 0 Å². The molecule has 1 aromatic heterocycles. The minimum atomic E-state index is -1.68. The summed E-state index contributed by atoms with van der Waals surface area (Å²) < 4.78 is 5.47. The molecule has 22 heteroatoms. The third kappa shape index (κ3) is 16.4. The van der Waals surface area contributed by atoms with E-state index in [2.05, 4.69) is 47.2 Å². The fourth-order valence-corrected chi connectivity index (χ4v) is 9.42. The summed E-state index contributed by atoms with van der Waals surface area (Å²) in [4.78, 5) is 123. The molecular formula is C54H73N13O9. The number of nitrogens with zero attached hydrogens (tertiary/aromatic N) is 2. The fraction of sp³-hybridized carbons (Fsp3) is 0.463. The third-order valence-corrected chi connectivity index (χ3v) is 13.7. The number of piperidine rings is 1. The molecule has 2 saturated heterocycles. The van der Waals surface area contributed by atoms with E-state index in [9.17, 15) is 33.6 Å². The molecule has 1 spiro atoms. The van der Waals surface area contributed by atoms with E-state index >= 15 is 4.79 Å². The number of hydrogen-bond donors (Lipinski definition) is 11. The Morgan fingerprint density at radius 1 is 0.789 bits per heavy atom. The van der Waals surface area contributed by atoms with Crippen LogP contribution < -0.4 is 64.1 Å². The molecule has 0 bridgehead atoms. The summed E-state index contributed by atoms with van der Waals surface area (Å²) in [5, 5.41) is 20.6. The van der Waals surface area contributed by atoms with Crippen LogP contribution in [0, 0.1) is 0 Å². The van der Waals surface area contributed by atoms with Gasteiger partial charge in [0.1, 0.15) is 41.5 Å². The molecule has 0 aliphatic carbocycles. The van der Waals surface area contributed by atoms with E-state index in [4.69, 9.17) is 21.9 Å². The first kappa shape index (κ1) is 57.1. The number of benzene rings is 3. The molecule has 4 aromatic rings. The Balaban J connectivity index is 1.40. The van der Waals surface area contributed by atoms with Crippen LogP contribution in [0.4, 0.5) is 5.69 Å². The Bertz CT molecular complexity index is 2680. The lowest BCUT2D eigenvalue weighted by Gasteiger charge is -2.43. The standard InChI is InChI=1S/C54H73N13O9/c1-3-4-22-45(68)61-44-32-46(69)58-25-11-10-20-40(47(55)70)62-50(73)43(30-35-33-60-39-19-9-8-18-38(35)39)64-48(71)41(21-13-26-59-53(56)57)63-49(72)42(29-34-14-6-5-7-15-34)65-52(75)54(66-51(44)74)23-27-67(28-24-54)36-16-12-17-37(31-36)76-2/h5-9,12,14-19,31,33,40-44,60H,3-4,10-11,13,20-30,32H2,1-2H3,(H2,55,70)(H,58,69)(H,61,68)(H,62,73)(H,63,72)(H,64,71)(H,65,75)(H,66,74)(H4,56,57,59)/t40-,41-,42+,43-,44-/m0/s1. The number of carbonyl (C=O) groups is 8. The van der Waals surface area contributed by atoms with Crippen LogP contribution in [-0.2, 0) is 51.2 Å². The number of carbonyl (C=O) groups excluding carboxylic acids is 8. The minimum absolute atomic E-state index is 0.0239. The minimum Gasteiger partial charge on any atom is -0.497 e. The van der Waals surface area contributed by atoms with Crippen LogP contribution in [0.5, 0.6) is 5.75 Å². The number of nitrogens with one attached hydrogen (secondary N) is 8. The number of primary amides is 1. The van der Waals surface area contributed by atoms with Crippen LogP contribution in [0.25, 0.3) is 10.9 Å². The van der Waals surface area contributed by atoms with Crippen molar-refractivity contribution >= 4 is 69.8 Å². The molecular weight excluding hydrogens is 975 g/mol. The molecule has 0 radical (unpaired) electrons. The number of anilines is 1. The first-order valence-electron chi connectivity index (χ1n) is 26.0. The van der Waals surface area contributed by atoms with Crippen LogP contribution in [0.1, 0.15) is 88.7 Å². The quantitative estimate of drug-likeness (QED) is 0.0451. The highest BCUT2D eigenvalue weighted by Gasteiger charge is 2.46. The van der Waals surface area contributed by atoms with Crippen LogP contribution in [0.2, 0.25) is 0 Å². The summed E-state index contributed by atoms with van der Waals surface area (Å²) >= 11 is 0. The van der Waals surface area contributed by atoms with Crippen molar-refractivity contribution in [3.05, 3.63) is 96.2 Å². The van der Waals surface area contributed by atoms with E-state index in [-0.39, 0.29) is 83.5 Å². The summed E-state index contributed by atoms with van der Waals surface area (Å²) in [5.41, 5.74) is 18.3. The molecule has 22 nitrogen and oxygen atoms in total. The number of aromatic amines is 1. The van der Waals surface area contributed by atoms with Crippen molar-refractivity contribution in [1.29, 1.82) is 0 Å². The number of para-hydroxylation sites is 1. The van der Waals surface area contributed by atoms with Gasteiger partial charge in [-0.1, -0.05) is 67.9 Å². The van der Waals surface area contributed by atoms with E-state index in [0.29, 0.717) is 42.6 Å². The summed E-state index contributed by atoms with van der Waals surface area (Å²) in [6.07, 6.45) is 3.43. The van der Waals surface area contributed by atoms with Gasteiger partial charge in [0, 0.05) is 74.3 Å². The zero-order valence-electron chi connectivity index (χ0n) is 43.3. The summed E-state index contributed by atoms with van der Waals surface area (Å²) in [6, 6.07) is 17.1. The maximum absolute atomic E-state index is 15.3. The average molecular weight is 1050 g/mol. The number of nitrogens with two attached hydrogens (primary N) is 3. The summed E-state index contributed by atoms with van der Waals surface area (Å²) in [5.74, 6) is -5.16. The van der Waals surface area contributed by atoms with Gasteiger partial charge in [-0.15, -0.1) is 0 Å². The monoisotopic (exact) mass is 1050 g/mol. The van der Waals surface area contributed by atoms with Gasteiger partial charge < -0.3 is 69.0 Å². The molecule has 408 valence electrons. The Morgan fingerprint density at radius 3 is 2.21 bits per heavy atom. The highest BCUT2D eigenvalue weighted by molar-refractivity contribution is 6.00. The SMILES string of the molecule is CCCCC(=O)N[C@H]1CC(=O)NCCCC[C@@H](C(N)=O)NC(=O)[C@H](Cc2c[nH]c3ccccc23)NC(=O)[C@H](CCCN=C(N)N)NC(=O)[C@@H](Cc2ccccc2)NC(=O)C2(CCN(c3cccc(OC)c3)CC2)NC1=O. The van der Waals surface area contributed by atoms with Crippen molar-refractivity contribution in [2.45, 2.75) is 126 Å². The average Bonchev–Trinajstić information content (AvgIpc) is 3.83. The van der Waals surface area contributed by atoms with E-state index in [1.165, 1.54) is 0 Å². The predicted molar refractivity (Wildman–Crippen MR) is 287 cm³/mol. The molecule has 6 rings (SSSR count). The van der Waals surface area contributed by atoms with Gasteiger partial charge in [-0.2, -0.15) is 0 Å². The predicted octanol–water partition coefficient (Wildman–Crippen LogP) is 0.960. The maximum atomic E-state index is 15.3. The Labute approximate surface area is 442 Å². The Morgan fingerprint density at radius 2 is 1.49 bits per heavy atom. The molecule has 3 aromatic carbocycles. The van der Waals surface area contributed by atoms with Crippen molar-refractivity contribution in [3.8, 4) is 5.75 Å². The molecule has 2 aliphatic rings. The summed E-state index contributed by atoms with van der Waals surface area (Å²) in [6.45, 7) is 2.62. The fourth-order valence-electron chi connectivity index (χ4n) is 9.42. The van der Waals surface area contributed by atoms with Gasteiger partial charge in [-0.05, 0) is 80.7 Å².